The Labute approximate surface area is 73.4 Å². The third-order valence-electron chi connectivity index (χ3n) is 1.35. The molecule has 0 fully saturated rings. The van der Waals surface area contributed by atoms with Gasteiger partial charge in [-0.25, -0.2) is 0 Å². The second-order valence-corrected chi connectivity index (χ2v) is 2.53. The number of hydrogen-bond donors (Lipinski definition) is 0. The van der Waals surface area contributed by atoms with E-state index in [0.717, 1.165) is 6.54 Å². The van der Waals surface area contributed by atoms with Gasteiger partial charge in [0.2, 0.25) is 0 Å². The number of quaternary nitrogens is 1. The fourth-order valence-corrected chi connectivity index (χ4v) is 0.520. The smallest absolute Gasteiger partial charge is 0.418 e. The molecule has 1 aliphatic heterocycles. The molecule has 0 radical (unpaired) electrons. The molecule has 1 heterocycles. The molecule has 0 aromatic heterocycles. The monoisotopic (exact) mass is 199 g/mol. The van der Waals surface area contributed by atoms with E-state index in [-0.39, 0.29) is 0 Å². The Morgan fingerprint density at radius 3 is 1.92 bits per heavy atom. The standard InChI is InChI=1S/C5H10N3.BF4/c1-3-8(2)5-4-6-7-8;2-1(3,4)5/h4-5H,3H2,1-2H3;/q+1;-1. The SMILES string of the molecule is CC[N+]1(C)C=CN=N1.F[B-](F)(F)F. The summed E-state index contributed by atoms with van der Waals surface area (Å²) in [5.41, 5.74) is 0. The van der Waals surface area contributed by atoms with Gasteiger partial charge in [-0.1, -0.05) is 0 Å². The van der Waals surface area contributed by atoms with E-state index in [1.807, 2.05) is 13.2 Å². The lowest BCUT2D eigenvalue weighted by Gasteiger charge is -2.13. The number of halogens is 4. The first-order valence-electron chi connectivity index (χ1n) is 3.59. The minimum atomic E-state index is -6.00. The van der Waals surface area contributed by atoms with Crippen molar-refractivity contribution in [2.45, 2.75) is 6.92 Å². The highest BCUT2D eigenvalue weighted by atomic mass is 19.5. The quantitative estimate of drug-likeness (QED) is 0.352. The second-order valence-electron chi connectivity index (χ2n) is 2.53. The molecular weight excluding hydrogens is 189 g/mol. The molecule has 1 atom stereocenters. The van der Waals surface area contributed by atoms with E-state index in [9.17, 15) is 17.3 Å². The Morgan fingerprint density at radius 2 is 1.77 bits per heavy atom. The molecule has 0 spiro atoms. The van der Waals surface area contributed by atoms with Gasteiger partial charge in [0.1, 0.15) is 18.9 Å². The first kappa shape index (κ1) is 12.1. The molecule has 0 aromatic rings. The summed E-state index contributed by atoms with van der Waals surface area (Å²) in [6.45, 7) is 3.05. The van der Waals surface area contributed by atoms with Gasteiger partial charge in [0.15, 0.2) is 0 Å². The number of rotatable bonds is 1. The highest BCUT2D eigenvalue weighted by Crippen LogP contribution is 2.10. The van der Waals surface area contributed by atoms with Gasteiger partial charge in [0.05, 0.1) is 7.05 Å². The summed E-state index contributed by atoms with van der Waals surface area (Å²) in [7, 11) is -3.99. The number of nitrogens with zero attached hydrogens (tertiary/aromatic N) is 3. The normalized spacial score (nSPS) is 25.7. The minimum Gasteiger partial charge on any atom is -0.418 e. The van der Waals surface area contributed by atoms with Crippen LogP contribution in [0.1, 0.15) is 6.92 Å². The summed E-state index contributed by atoms with van der Waals surface area (Å²) in [5, 5.41) is 7.66. The van der Waals surface area contributed by atoms with Crippen molar-refractivity contribution in [1.82, 2.24) is 0 Å². The predicted molar refractivity (Wildman–Crippen MR) is 40.9 cm³/mol. The highest BCUT2D eigenvalue weighted by molar-refractivity contribution is 6.50. The maximum absolute atomic E-state index is 9.75. The molecule has 0 aliphatic carbocycles. The van der Waals surface area contributed by atoms with Crippen LogP contribution >= 0.6 is 0 Å². The van der Waals surface area contributed by atoms with Gasteiger partial charge in [-0.2, -0.15) is 4.59 Å². The predicted octanol–water partition coefficient (Wildman–Crippen LogP) is 2.60. The molecule has 1 aliphatic rings. The van der Waals surface area contributed by atoms with Gasteiger partial charge in [-0.15, -0.1) is 5.11 Å². The molecule has 0 amide bonds. The van der Waals surface area contributed by atoms with E-state index in [1.165, 1.54) is 0 Å². The van der Waals surface area contributed by atoms with Gasteiger partial charge in [0, 0.05) is 5.22 Å². The van der Waals surface area contributed by atoms with Crippen molar-refractivity contribution in [3.63, 3.8) is 0 Å². The minimum absolute atomic E-state index is 0.597. The van der Waals surface area contributed by atoms with E-state index in [2.05, 4.69) is 17.3 Å². The van der Waals surface area contributed by atoms with E-state index >= 15 is 0 Å². The van der Waals surface area contributed by atoms with Crippen molar-refractivity contribution < 1.29 is 21.9 Å². The molecule has 8 heteroatoms. The molecule has 0 N–H and O–H groups in total. The van der Waals surface area contributed by atoms with Crippen molar-refractivity contribution >= 4 is 7.25 Å². The van der Waals surface area contributed by atoms with Crippen molar-refractivity contribution in [3.05, 3.63) is 12.4 Å². The van der Waals surface area contributed by atoms with Crippen LogP contribution < -0.4 is 0 Å². The summed E-state index contributed by atoms with van der Waals surface area (Å²) in [4.78, 5) is 0. The lowest BCUT2D eigenvalue weighted by atomic mass is 10.3. The first-order chi connectivity index (χ1) is 5.77. The topological polar surface area (TPSA) is 24.7 Å². The Morgan fingerprint density at radius 1 is 1.31 bits per heavy atom. The fraction of sp³-hybridized carbons (Fsp3) is 0.600. The fourth-order valence-electron chi connectivity index (χ4n) is 0.520. The zero-order chi connectivity index (χ0) is 10.5. The van der Waals surface area contributed by atoms with Crippen LogP contribution in [0.2, 0.25) is 0 Å². The van der Waals surface area contributed by atoms with Gasteiger partial charge in [0.25, 0.3) is 0 Å². The lowest BCUT2D eigenvalue weighted by Crippen LogP contribution is -2.28. The molecule has 0 bridgehead atoms. The van der Waals surface area contributed by atoms with E-state index < -0.39 is 7.25 Å². The Hall–Kier alpha value is -0.915. The van der Waals surface area contributed by atoms with Gasteiger partial charge < -0.3 is 17.3 Å². The third kappa shape index (κ3) is 7.45. The second kappa shape index (κ2) is 4.36. The molecule has 13 heavy (non-hydrogen) atoms. The average Bonchev–Trinajstić information content (AvgIpc) is 2.34. The third-order valence-corrected chi connectivity index (χ3v) is 1.35. The van der Waals surface area contributed by atoms with Crippen molar-refractivity contribution in [1.29, 1.82) is 0 Å². The summed E-state index contributed by atoms with van der Waals surface area (Å²) >= 11 is 0. The van der Waals surface area contributed by atoms with Crippen LogP contribution in [0.15, 0.2) is 22.7 Å². The number of hydrogen-bond acceptors (Lipinski definition) is 2. The van der Waals surface area contributed by atoms with Crippen molar-refractivity contribution in [2.24, 2.45) is 10.3 Å². The molecule has 1 unspecified atom stereocenters. The Balaban J connectivity index is 0.000000252. The molecular formula is C5H10BF4N3. The Kier molecular flexibility index (Phi) is 4.05. The van der Waals surface area contributed by atoms with Gasteiger partial charge in [-0.05, 0) is 6.92 Å². The van der Waals surface area contributed by atoms with Crippen LogP contribution in [0.3, 0.4) is 0 Å². The summed E-state index contributed by atoms with van der Waals surface area (Å²) < 4.78 is 39.6. The van der Waals surface area contributed by atoms with E-state index in [0.29, 0.717) is 4.59 Å². The molecule has 0 saturated carbocycles. The molecule has 76 valence electrons. The molecule has 1 rings (SSSR count). The Bertz CT molecular complexity index is 194. The zero-order valence-electron chi connectivity index (χ0n) is 7.29. The van der Waals surface area contributed by atoms with Crippen LogP contribution in [0.4, 0.5) is 17.3 Å². The van der Waals surface area contributed by atoms with E-state index in [4.69, 9.17) is 0 Å². The van der Waals surface area contributed by atoms with Gasteiger partial charge >= 0.3 is 7.25 Å². The van der Waals surface area contributed by atoms with Crippen LogP contribution in [-0.4, -0.2) is 25.4 Å². The molecule has 0 saturated heterocycles. The van der Waals surface area contributed by atoms with Crippen LogP contribution in [-0.2, 0) is 0 Å². The first-order valence-corrected chi connectivity index (χ1v) is 3.59. The van der Waals surface area contributed by atoms with Crippen molar-refractivity contribution in [3.8, 4) is 0 Å². The lowest BCUT2D eigenvalue weighted by molar-refractivity contribution is -0.865. The van der Waals surface area contributed by atoms with E-state index in [1.54, 1.807) is 6.20 Å². The van der Waals surface area contributed by atoms with Crippen LogP contribution in [0.25, 0.3) is 0 Å². The molecule has 3 nitrogen and oxygen atoms in total. The average molecular weight is 199 g/mol. The van der Waals surface area contributed by atoms with Gasteiger partial charge in [-0.3, -0.25) is 0 Å². The summed E-state index contributed by atoms with van der Waals surface area (Å²) in [5.74, 6) is 0. The largest absolute Gasteiger partial charge is 0.673 e. The maximum atomic E-state index is 9.75. The van der Waals surface area contributed by atoms with Crippen LogP contribution in [0, 0.1) is 0 Å². The maximum Gasteiger partial charge on any atom is 0.673 e. The van der Waals surface area contributed by atoms with Crippen LogP contribution in [0.5, 0.6) is 0 Å². The van der Waals surface area contributed by atoms with Crippen molar-refractivity contribution in [2.75, 3.05) is 13.6 Å². The summed E-state index contributed by atoms with van der Waals surface area (Å²) in [6, 6.07) is 0. The zero-order valence-corrected chi connectivity index (χ0v) is 7.29. The molecule has 0 aromatic carbocycles. The summed E-state index contributed by atoms with van der Waals surface area (Å²) in [6.07, 6.45) is 3.68. The highest BCUT2D eigenvalue weighted by Gasteiger charge is 2.20.